The van der Waals surface area contributed by atoms with Gasteiger partial charge < -0.3 is 10.1 Å². The van der Waals surface area contributed by atoms with Crippen LogP contribution in [-0.2, 0) is 11.2 Å². The summed E-state index contributed by atoms with van der Waals surface area (Å²) in [4.78, 5) is 0. The molecule has 2 rings (SSSR count). The van der Waals surface area contributed by atoms with Gasteiger partial charge in [0.05, 0.1) is 12.7 Å². The highest BCUT2D eigenvalue weighted by Gasteiger charge is 2.28. The molecule has 0 saturated carbocycles. The highest BCUT2D eigenvalue weighted by molar-refractivity contribution is 9.10. The number of likely N-dealkylation sites (N-methyl/N-ethyl adjacent to an activating group) is 1. The number of hydrogen-bond donors (Lipinski definition) is 1. The van der Waals surface area contributed by atoms with E-state index in [1.54, 1.807) is 6.07 Å². The van der Waals surface area contributed by atoms with Gasteiger partial charge in [-0.05, 0) is 50.6 Å². The zero-order chi connectivity index (χ0) is 13.1. The third-order valence-corrected chi connectivity index (χ3v) is 4.01. The molecule has 0 spiro atoms. The van der Waals surface area contributed by atoms with Gasteiger partial charge in [0.15, 0.2) is 0 Å². The average Bonchev–Trinajstić information content (AvgIpc) is 2.71. The predicted octanol–water partition coefficient (Wildman–Crippen LogP) is 3.14. The van der Waals surface area contributed by atoms with Crippen LogP contribution in [0.15, 0.2) is 22.7 Å². The summed E-state index contributed by atoms with van der Waals surface area (Å²) in [7, 11) is 1.96. The van der Waals surface area contributed by atoms with E-state index in [4.69, 9.17) is 4.74 Å². The Balaban J connectivity index is 2.05. The van der Waals surface area contributed by atoms with Crippen molar-refractivity contribution in [3.05, 3.63) is 34.1 Å². The van der Waals surface area contributed by atoms with Gasteiger partial charge in [-0.25, -0.2) is 4.39 Å². The van der Waals surface area contributed by atoms with Crippen LogP contribution in [-0.4, -0.2) is 25.8 Å². The van der Waals surface area contributed by atoms with Gasteiger partial charge in [0.2, 0.25) is 0 Å². The molecule has 18 heavy (non-hydrogen) atoms. The highest BCUT2D eigenvalue weighted by Crippen LogP contribution is 2.25. The monoisotopic (exact) mass is 315 g/mol. The van der Waals surface area contributed by atoms with Crippen LogP contribution in [0.4, 0.5) is 4.39 Å². The first-order valence-corrected chi connectivity index (χ1v) is 7.11. The van der Waals surface area contributed by atoms with Crippen molar-refractivity contribution in [3.8, 4) is 0 Å². The van der Waals surface area contributed by atoms with Crippen molar-refractivity contribution in [3.63, 3.8) is 0 Å². The minimum Gasteiger partial charge on any atom is -0.378 e. The molecule has 0 aliphatic carbocycles. The molecular formula is C14H19BrFNO. The molecule has 1 aliphatic heterocycles. The van der Waals surface area contributed by atoms with E-state index in [0.717, 1.165) is 29.5 Å². The highest BCUT2D eigenvalue weighted by atomic mass is 79.9. The largest absolute Gasteiger partial charge is 0.378 e. The lowest BCUT2D eigenvalue weighted by molar-refractivity contribution is 0.117. The van der Waals surface area contributed by atoms with Gasteiger partial charge in [0, 0.05) is 16.4 Å². The lowest BCUT2D eigenvalue weighted by Crippen LogP contribution is -2.36. The minimum atomic E-state index is -0.190. The van der Waals surface area contributed by atoms with Crippen molar-refractivity contribution in [2.24, 2.45) is 5.92 Å². The number of halogens is 2. The Kier molecular flexibility index (Phi) is 4.76. The van der Waals surface area contributed by atoms with E-state index >= 15 is 0 Å². The van der Waals surface area contributed by atoms with Crippen molar-refractivity contribution < 1.29 is 9.13 Å². The van der Waals surface area contributed by atoms with Gasteiger partial charge in [-0.3, -0.25) is 0 Å². The summed E-state index contributed by atoms with van der Waals surface area (Å²) in [5.74, 6) is 0.317. The fourth-order valence-corrected chi connectivity index (χ4v) is 3.13. The molecule has 3 atom stereocenters. The van der Waals surface area contributed by atoms with Crippen LogP contribution < -0.4 is 5.32 Å². The van der Waals surface area contributed by atoms with Crippen molar-refractivity contribution in [2.45, 2.75) is 31.9 Å². The first kappa shape index (κ1) is 14.0. The van der Waals surface area contributed by atoms with Gasteiger partial charge in [-0.2, -0.15) is 0 Å². The van der Waals surface area contributed by atoms with E-state index in [1.165, 1.54) is 6.07 Å². The Morgan fingerprint density at radius 2 is 2.28 bits per heavy atom. The maximum Gasteiger partial charge on any atom is 0.124 e. The molecule has 0 amide bonds. The molecule has 0 radical (unpaired) electrons. The molecule has 2 nitrogen and oxygen atoms in total. The summed E-state index contributed by atoms with van der Waals surface area (Å²) in [5, 5.41) is 3.33. The van der Waals surface area contributed by atoms with Gasteiger partial charge >= 0.3 is 0 Å². The SMILES string of the molecule is CNC(Cc1cc(F)cc(Br)c1)C1COC(C)C1. The van der Waals surface area contributed by atoms with Gasteiger partial charge in [-0.1, -0.05) is 15.9 Å². The third-order valence-electron chi connectivity index (χ3n) is 3.55. The standard InChI is InChI=1S/C14H19BrFNO/c1-9-3-11(8-18-9)14(17-2)6-10-4-12(15)7-13(16)5-10/h4-5,7,9,11,14,17H,3,6,8H2,1-2H3. The van der Waals surface area contributed by atoms with E-state index in [9.17, 15) is 4.39 Å². The molecule has 1 aromatic rings. The Morgan fingerprint density at radius 1 is 1.50 bits per heavy atom. The predicted molar refractivity (Wildman–Crippen MR) is 74.2 cm³/mol. The molecule has 1 aliphatic rings. The molecular weight excluding hydrogens is 297 g/mol. The summed E-state index contributed by atoms with van der Waals surface area (Å²) in [6.07, 6.45) is 2.24. The number of hydrogen-bond acceptors (Lipinski definition) is 2. The summed E-state index contributed by atoms with van der Waals surface area (Å²) >= 11 is 3.33. The van der Waals surface area contributed by atoms with Crippen LogP contribution in [0.3, 0.4) is 0 Å². The Bertz CT molecular complexity index is 393. The Labute approximate surface area is 116 Å². The third kappa shape index (κ3) is 3.53. The smallest absolute Gasteiger partial charge is 0.124 e. The van der Waals surface area contributed by atoms with Crippen LogP contribution >= 0.6 is 15.9 Å². The molecule has 1 fully saturated rings. The zero-order valence-corrected chi connectivity index (χ0v) is 12.3. The molecule has 1 N–H and O–H groups in total. The first-order chi connectivity index (χ1) is 8.58. The van der Waals surface area contributed by atoms with Gasteiger partial charge in [0.1, 0.15) is 5.82 Å². The number of benzene rings is 1. The molecule has 1 aromatic carbocycles. The minimum absolute atomic E-state index is 0.190. The van der Waals surface area contributed by atoms with Crippen molar-refractivity contribution in [2.75, 3.05) is 13.7 Å². The lowest BCUT2D eigenvalue weighted by Gasteiger charge is -2.22. The van der Waals surface area contributed by atoms with Crippen LogP contribution in [0.5, 0.6) is 0 Å². The van der Waals surface area contributed by atoms with Crippen LogP contribution in [0.1, 0.15) is 18.9 Å². The molecule has 0 bridgehead atoms. The number of ether oxygens (including phenoxy) is 1. The average molecular weight is 316 g/mol. The first-order valence-electron chi connectivity index (χ1n) is 6.32. The van der Waals surface area contributed by atoms with Crippen LogP contribution in [0, 0.1) is 11.7 Å². The maximum absolute atomic E-state index is 13.3. The van der Waals surface area contributed by atoms with E-state index in [2.05, 4.69) is 28.2 Å². The summed E-state index contributed by atoms with van der Waals surface area (Å²) in [6.45, 7) is 2.90. The molecule has 1 heterocycles. The van der Waals surface area contributed by atoms with Crippen molar-refractivity contribution in [1.82, 2.24) is 5.32 Å². The molecule has 4 heteroatoms. The van der Waals surface area contributed by atoms with E-state index < -0.39 is 0 Å². The molecule has 1 saturated heterocycles. The second kappa shape index (κ2) is 6.13. The second-order valence-corrected chi connectivity index (χ2v) is 5.93. The normalized spacial score (nSPS) is 25.3. The fourth-order valence-electron chi connectivity index (χ4n) is 2.62. The topological polar surface area (TPSA) is 21.3 Å². The second-order valence-electron chi connectivity index (χ2n) is 5.02. The Hall–Kier alpha value is -0.450. The molecule has 3 unspecified atom stereocenters. The van der Waals surface area contributed by atoms with Crippen LogP contribution in [0.2, 0.25) is 0 Å². The van der Waals surface area contributed by atoms with Gasteiger partial charge in [0.25, 0.3) is 0 Å². The summed E-state index contributed by atoms with van der Waals surface area (Å²) in [6, 6.07) is 5.41. The fraction of sp³-hybridized carbons (Fsp3) is 0.571. The van der Waals surface area contributed by atoms with E-state index in [-0.39, 0.29) is 5.82 Å². The lowest BCUT2D eigenvalue weighted by atomic mass is 9.91. The van der Waals surface area contributed by atoms with Gasteiger partial charge in [-0.15, -0.1) is 0 Å². The Morgan fingerprint density at radius 3 is 2.83 bits per heavy atom. The maximum atomic E-state index is 13.3. The van der Waals surface area contributed by atoms with Crippen molar-refractivity contribution >= 4 is 15.9 Å². The van der Waals surface area contributed by atoms with E-state index in [0.29, 0.717) is 18.1 Å². The zero-order valence-electron chi connectivity index (χ0n) is 10.7. The number of nitrogens with one attached hydrogen (secondary N) is 1. The van der Waals surface area contributed by atoms with Crippen molar-refractivity contribution in [1.29, 1.82) is 0 Å². The quantitative estimate of drug-likeness (QED) is 0.921. The van der Waals surface area contributed by atoms with E-state index in [1.807, 2.05) is 13.1 Å². The molecule has 0 aromatic heterocycles. The summed E-state index contributed by atoms with van der Waals surface area (Å²) < 4.78 is 19.8. The number of rotatable bonds is 4. The van der Waals surface area contributed by atoms with Crippen LogP contribution in [0.25, 0.3) is 0 Å². The molecule has 100 valence electrons. The summed E-state index contributed by atoms with van der Waals surface area (Å²) in [5.41, 5.74) is 1.01.